The van der Waals surface area contributed by atoms with Gasteiger partial charge in [-0.15, -0.1) is 0 Å². The van der Waals surface area contributed by atoms with Crippen LogP contribution in [0.15, 0.2) is 29.2 Å². The zero-order chi connectivity index (χ0) is 21.5. The van der Waals surface area contributed by atoms with Crippen molar-refractivity contribution in [3.05, 3.63) is 51.3 Å². The zero-order valence-electron chi connectivity index (χ0n) is 16.7. The van der Waals surface area contributed by atoms with Gasteiger partial charge in [0, 0.05) is 50.6 Å². The number of amides is 1. The number of hydrogen-bond acceptors (Lipinski definition) is 6. The molecular formula is C19H23N5O5S. The highest BCUT2D eigenvalue weighted by molar-refractivity contribution is 7.89. The van der Waals surface area contributed by atoms with Crippen molar-refractivity contribution in [3.63, 3.8) is 0 Å². The number of aryl methyl sites for hydroxylation is 3. The Labute approximate surface area is 174 Å². The molecule has 30 heavy (non-hydrogen) atoms. The predicted molar refractivity (Wildman–Crippen MR) is 108 cm³/mol. The lowest BCUT2D eigenvalue weighted by Crippen LogP contribution is -2.50. The molecule has 0 spiro atoms. The van der Waals surface area contributed by atoms with Gasteiger partial charge < -0.3 is 4.90 Å². The lowest BCUT2D eigenvalue weighted by molar-refractivity contribution is -0.385. The second kappa shape index (κ2) is 7.80. The second-order valence-corrected chi connectivity index (χ2v) is 9.51. The van der Waals surface area contributed by atoms with Crippen molar-refractivity contribution in [2.75, 3.05) is 26.2 Å². The number of hydrogen-bond donors (Lipinski definition) is 0. The first kappa shape index (κ1) is 20.5. The van der Waals surface area contributed by atoms with Crippen LogP contribution in [0, 0.1) is 17.0 Å². The molecule has 4 rings (SSSR count). The molecule has 1 saturated heterocycles. The Morgan fingerprint density at radius 2 is 1.83 bits per heavy atom. The number of piperazine rings is 1. The van der Waals surface area contributed by atoms with Gasteiger partial charge in [0.05, 0.1) is 9.82 Å². The van der Waals surface area contributed by atoms with Crippen molar-refractivity contribution in [3.8, 4) is 0 Å². The van der Waals surface area contributed by atoms with Crippen LogP contribution < -0.4 is 0 Å². The Morgan fingerprint density at radius 3 is 2.50 bits per heavy atom. The smallest absolute Gasteiger partial charge is 0.274 e. The molecule has 11 heteroatoms. The molecular weight excluding hydrogens is 410 g/mol. The van der Waals surface area contributed by atoms with Gasteiger partial charge in [-0.25, -0.2) is 8.42 Å². The molecule has 3 heterocycles. The van der Waals surface area contributed by atoms with E-state index in [1.165, 1.54) is 16.4 Å². The maximum atomic E-state index is 13.0. The lowest BCUT2D eigenvalue weighted by Gasteiger charge is -2.33. The van der Waals surface area contributed by atoms with Gasteiger partial charge >= 0.3 is 0 Å². The lowest BCUT2D eigenvalue weighted by atomic mass is 10.1. The minimum atomic E-state index is -3.89. The number of fused-ring (bicyclic) bond motifs is 1. The Balaban J connectivity index is 1.47. The Kier molecular flexibility index (Phi) is 5.33. The van der Waals surface area contributed by atoms with Crippen molar-refractivity contribution in [1.29, 1.82) is 0 Å². The van der Waals surface area contributed by atoms with Crippen LogP contribution in [0.5, 0.6) is 0 Å². The molecule has 0 radical (unpaired) electrons. The van der Waals surface area contributed by atoms with Crippen LogP contribution in [0.2, 0.25) is 0 Å². The highest BCUT2D eigenvalue weighted by atomic mass is 32.2. The third-order valence-electron chi connectivity index (χ3n) is 5.66. The number of non-ortho nitro benzene ring substituents is 1. The summed E-state index contributed by atoms with van der Waals surface area (Å²) in [5, 5.41) is 15.4. The molecule has 160 valence electrons. The maximum absolute atomic E-state index is 13.0. The molecule has 2 aliphatic heterocycles. The van der Waals surface area contributed by atoms with Gasteiger partial charge in [0.25, 0.3) is 11.6 Å². The van der Waals surface area contributed by atoms with E-state index in [1.54, 1.807) is 11.8 Å². The molecule has 1 amide bonds. The Hall–Kier alpha value is -2.79. The van der Waals surface area contributed by atoms with Gasteiger partial charge in [-0.2, -0.15) is 9.40 Å². The van der Waals surface area contributed by atoms with Crippen molar-refractivity contribution in [1.82, 2.24) is 19.0 Å². The first-order chi connectivity index (χ1) is 14.3. The number of carbonyl (C=O) groups excluding carboxylic acids is 1. The fourth-order valence-electron chi connectivity index (χ4n) is 3.94. The van der Waals surface area contributed by atoms with Gasteiger partial charge in [0.15, 0.2) is 5.69 Å². The summed E-state index contributed by atoms with van der Waals surface area (Å²) in [7, 11) is -3.89. The molecule has 0 bridgehead atoms. The molecule has 0 unspecified atom stereocenters. The average Bonchev–Trinajstić information content (AvgIpc) is 3.17. The minimum Gasteiger partial charge on any atom is -0.335 e. The van der Waals surface area contributed by atoms with Crippen LogP contribution in [0.3, 0.4) is 0 Å². The molecule has 2 aliphatic rings. The van der Waals surface area contributed by atoms with Gasteiger partial charge in [-0.3, -0.25) is 19.6 Å². The van der Waals surface area contributed by atoms with E-state index in [1.807, 2.05) is 10.7 Å². The zero-order valence-corrected chi connectivity index (χ0v) is 17.5. The van der Waals surface area contributed by atoms with E-state index in [2.05, 4.69) is 5.10 Å². The fourth-order valence-corrected chi connectivity index (χ4v) is 5.60. The van der Waals surface area contributed by atoms with Gasteiger partial charge in [0.1, 0.15) is 0 Å². The quantitative estimate of drug-likeness (QED) is 0.534. The summed E-state index contributed by atoms with van der Waals surface area (Å²) in [6.45, 7) is 3.17. The fraction of sp³-hybridized carbons (Fsp3) is 0.474. The van der Waals surface area contributed by atoms with Crippen molar-refractivity contribution >= 4 is 21.6 Å². The number of nitro groups is 1. The first-order valence-electron chi connectivity index (χ1n) is 9.88. The minimum absolute atomic E-state index is 0.0711. The summed E-state index contributed by atoms with van der Waals surface area (Å²) in [5.74, 6) is -0.194. The van der Waals surface area contributed by atoms with E-state index >= 15 is 0 Å². The number of sulfonamides is 1. The molecule has 1 fully saturated rings. The van der Waals surface area contributed by atoms with E-state index in [-0.39, 0.29) is 42.7 Å². The number of rotatable bonds is 4. The standard InChI is InChI=1S/C19H23N5O5S/c1-14-5-6-16(24(26)27)13-18(14)30(28,29)22-10-8-21(9-11-22)19(25)17-12-15-4-2-3-7-23(15)20-17/h5-6,12-13H,2-4,7-11H2,1H3. The van der Waals surface area contributed by atoms with E-state index in [0.29, 0.717) is 11.3 Å². The third kappa shape index (κ3) is 3.70. The predicted octanol–water partition coefficient (Wildman–Crippen LogP) is 1.58. The SMILES string of the molecule is Cc1ccc([N+](=O)[O-])cc1S(=O)(=O)N1CCN(C(=O)c2cc3n(n2)CCCC3)CC1. The number of nitro benzene ring substituents is 1. The summed E-state index contributed by atoms with van der Waals surface area (Å²) in [6, 6.07) is 5.65. The monoisotopic (exact) mass is 433 g/mol. The van der Waals surface area contributed by atoms with E-state index in [4.69, 9.17) is 0 Å². The summed E-state index contributed by atoms with van der Waals surface area (Å²) in [6.07, 6.45) is 3.05. The van der Waals surface area contributed by atoms with Crippen molar-refractivity contribution in [2.45, 2.75) is 37.6 Å². The number of carbonyl (C=O) groups is 1. The summed E-state index contributed by atoms with van der Waals surface area (Å²) in [4.78, 5) is 24.8. The second-order valence-electron chi connectivity index (χ2n) is 7.60. The van der Waals surface area contributed by atoms with E-state index in [0.717, 1.165) is 37.6 Å². The molecule has 0 atom stereocenters. The largest absolute Gasteiger partial charge is 0.335 e. The van der Waals surface area contributed by atoms with E-state index < -0.39 is 14.9 Å². The van der Waals surface area contributed by atoms with Crippen molar-refractivity contribution < 1.29 is 18.1 Å². The number of benzene rings is 1. The molecule has 0 saturated carbocycles. The first-order valence-corrected chi connectivity index (χ1v) is 11.3. The third-order valence-corrected chi connectivity index (χ3v) is 7.70. The number of nitrogens with zero attached hydrogens (tertiary/aromatic N) is 5. The molecule has 0 aliphatic carbocycles. The number of aromatic nitrogens is 2. The van der Waals surface area contributed by atoms with Crippen LogP contribution in [0.25, 0.3) is 0 Å². The van der Waals surface area contributed by atoms with Crippen LogP contribution in [-0.4, -0.2) is 64.4 Å². The Bertz CT molecular complexity index is 1080. The molecule has 1 aromatic heterocycles. The van der Waals surface area contributed by atoms with Crippen molar-refractivity contribution in [2.24, 2.45) is 0 Å². The normalized spacial score (nSPS) is 17.6. The van der Waals surface area contributed by atoms with Gasteiger partial charge in [-0.05, 0) is 37.8 Å². The summed E-state index contributed by atoms with van der Waals surface area (Å²) < 4.78 is 29.2. The highest BCUT2D eigenvalue weighted by Gasteiger charge is 2.33. The van der Waals surface area contributed by atoms with Gasteiger partial charge in [0.2, 0.25) is 10.0 Å². The summed E-state index contributed by atoms with van der Waals surface area (Å²) >= 11 is 0. The molecule has 0 N–H and O–H groups in total. The molecule has 2 aromatic rings. The molecule has 10 nitrogen and oxygen atoms in total. The maximum Gasteiger partial charge on any atom is 0.274 e. The van der Waals surface area contributed by atoms with Crippen LogP contribution >= 0.6 is 0 Å². The van der Waals surface area contributed by atoms with Crippen LogP contribution in [0.1, 0.15) is 34.6 Å². The highest BCUT2D eigenvalue weighted by Crippen LogP contribution is 2.26. The van der Waals surface area contributed by atoms with Crippen LogP contribution in [0.4, 0.5) is 5.69 Å². The van der Waals surface area contributed by atoms with Crippen LogP contribution in [-0.2, 0) is 23.0 Å². The van der Waals surface area contributed by atoms with Gasteiger partial charge in [-0.1, -0.05) is 6.07 Å². The van der Waals surface area contributed by atoms with E-state index in [9.17, 15) is 23.3 Å². The Morgan fingerprint density at radius 1 is 1.10 bits per heavy atom. The molecule has 1 aromatic carbocycles. The average molecular weight is 433 g/mol. The summed E-state index contributed by atoms with van der Waals surface area (Å²) in [5.41, 5.74) is 1.64. The topological polar surface area (TPSA) is 119 Å².